The number of hydrogen-bond acceptors (Lipinski definition) is 3. The maximum absolute atomic E-state index is 14.2. The number of H-pyrrole nitrogens is 1. The fourth-order valence-corrected chi connectivity index (χ4v) is 4.29. The summed E-state index contributed by atoms with van der Waals surface area (Å²) in [5, 5.41) is 7.14. The molecule has 3 aromatic rings. The van der Waals surface area contributed by atoms with Crippen molar-refractivity contribution in [2.75, 3.05) is 5.73 Å². The SMILES string of the molecule is Nc1n[nH]c(-c2cc(Br)c(Br)s2)c1-c1c(F)cccc1Cl. The van der Waals surface area contributed by atoms with Crippen molar-refractivity contribution in [3.8, 4) is 21.7 Å². The van der Waals surface area contributed by atoms with Gasteiger partial charge >= 0.3 is 0 Å². The third kappa shape index (κ3) is 2.63. The van der Waals surface area contributed by atoms with Crippen LogP contribution in [0.4, 0.5) is 10.2 Å². The van der Waals surface area contributed by atoms with Crippen LogP contribution in [0.1, 0.15) is 0 Å². The number of hydrogen-bond donors (Lipinski definition) is 2. The van der Waals surface area contributed by atoms with Gasteiger partial charge in [-0.05, 0) is 50.1 Å². The number of nitrogens with two attached hydrogens (primary N) is 1. The maximum atomic E-state index is 14.2. The van der Waals surface area contributed by atoms with Crippen molar-refractivity contribution in [3.63, 3.8) is 0 Å². The normalized spacial score (nSPS) is 11.0. The van der Waals surface area contributed by atoms with Gasteiger partial charge in [-0.25, -0.2) is 4.39 Å². The number of nitrogens with zero attached hydrogens (tertiary/aromatic N) is 1. The second kappa shape index (κ2) is 5.72. The van der Waals surface area contributed by atoms with Crippen molar-refractivity contribution >= 4 is 60.6 Å². The van der Waals surface area contributed by atoms with E-state index in [9.17, 15) is 4.39 Å². The van der Waals surface area contributed by atoms with E-state index >= 15 is 0 Å². The largest absolute Gasteiger partial charge is 0.382 e. The highest BCUT2D eigenvalue weighted by molar-refractivity contribution is 9.13. The van der Waals surface area contributed by atoms with Gasteiger partial charge in [0.1, 0.15) is 5.82 Å². The average molecular weight is 452 g/mol. The van der Waals surface area contributed by atoms with Gasteiger partial charge in [-0.2, -0.15) is 5.10 Å². The Bertz CT molecular complexity index is 791. The lowest BCUT2D eigenvalue weighted by molar-refractivity contribution is 0.631. The van der Waals surface area contributed by atoms with E-state index in [1.165, 1.54) is 17.4 Å². The summed E-state index contributed by atoms with van der Waals surface area (Å²) in [5.74, 6) is -0.232. The molecule has 3 rings (SSSR count). The van der Waals surface area contributed by atoms with Crippen LogP contribution in [0.3, 0.4) is 0 Å². The van der Waals surface area contributed by atoms with Crippen LogP contribution >= 0.6 is 54.8 Å². The van der Waals surface area contributed by atoms with Gasteiger partial charge < -0.3 is 5.73 Å². The zero-order chi connectivity index (χ0) is 15.1. The number of aromatic nitrogens is 2. The summed E-state index contributed by atoms with van der Waals surface area (Å²) in [6, 6.07) is 6.42. The van der Waals surface area contributed by atoms with E-state index < -0.39 is 5.82 Å². The standard InChI is InChI=1S/C13H7Br2ClFN3S/c14-5-4-8(21-12(5)15)11-10(13(18)20-19-11)9-6(16)2-1-3-7(9)17/h1-4H,(H3,18,19,20). The molecule has 0 spiro atoms. The van der Waals surface area contributed by atoms with Crippen LogP contribution in [0.2, 0.25) is 5.02 Å². The first-order chi connectivity index (χ1) is 9.99. The predicted octanol–water partition coefficient (Wildman–Crippen LogP) is 5.70. The number of halogens is 4. The van der Waals surface area contributed by atoms with Crippen molar-refractivity contribution in [2.24, 2.45) is 0 Å². The lowest BCUT2D eigenvalue weighted by atomic mass is 10.0. The fourth-order valence-electron chi connectivity index (χ4n) is 1.99. The zero-order valence-electron chi connectivity index (χ0n) is 10.3. The Labute approximate surface area is 145 Å². The van der Waals surface area contributed by atoms with Crippen LogP contribution < -0.4 is 5.73 Å². The van der Waals surface area contributed by atoms with Crippen molar-refractivity contribution < 1.29 is 4.39 Å². The molecule has 108 valence electrons. The summed E-state index contributed by atoms with van der Waals surface area (Å²) in [7, 11) is 0. The van der Waals surface area contributed by atoms with E-state index in [2.05, 4.69) is 42.1 Å². The van der Waals surface area contributed by atoms with Gasteiger partial charge in [0.05, 0.1) is 24.9 Å². The Morgan fingerprint density at radius 3 is 2.67 bits per heavy atom. The predicted molar refractivity (Wildman–Crippen MR) is 92.1 cm³/mol. The Morgan fingerprint density at radius 2 is 2.05 bits per heavy atom. The molecule has 0 saturated carbocycles. The lowest BCUT2D eigenvalue weighted by Gasteiger charge is -2.06. The average Bonchev–Trinajstić information content (AvgIpc) is 2.94. The molecule has 0 saturated heterocycles. The van der Waals surface area contributed by atoms with Crippen molar-refractivity contribution in [1.29, 1.82) is 0 Å². The second-order valence-corrected chi connectivity index (χ2v) is 7.82. The van der Waals surface area contributed by atoms with E-state index in [-0.39, 0.29) is 11.4 Å². The molecule has 0 fully saturated rings. The maximum Gasteiger partial charge on any atom is 0.153 e. The Hall–Kier alpha value is -0.890. The van der Waals surface area contributed by atoms with Crippen LogP contribution in [0, 0.1) is 5.82 Å². The molecular weight excluding hydrogens is 444 g/mol. The van der Waals surface area contributed by atoms with Gasteiger partial charge in [0, 0.05) is 10.0 Å². The van der Waals surface area contributed by atoms with Gasteiger partial charge in [-0.3, -0.25) is 5.10 Å². The number of nitrogens with one attached hydrogen (secondary N) is 1. The highest BCUT2D eigenvalue weighted by Gasteiger charge is 2.22. The molecule has 0 amide bonds. The number of thiophene rings is 1. The molecule has 0 radical (unpaired) electrons. The molecule has 0 unspecified atom stereocenters. The van der Waals surface area contributed by atoms with Gasteiger partial charge in [0.2, 0.25) is 0 Å². The minimum Gasteiger partial charge on any atom is -0.382 e. The zero-order valence-corrected chi connectivity index (χ0v) is 15.0. The third-order valence-electron chi connectivity index (χ3n) is 2.90. The van der Waals surface area contributed by atoms with Gasteiger partial charge in [0.25, 0.3) is 0 Å². The fraction of sp³-hybridized carbons (Fsp3) is 0. The van der Waals surface area contributed by atoms with Crippen LogP contribution in [0.25, 0.3) is 21.7 Å². The van der Waals surface area contributed by atoms with Crippen molar-refractivity contribution in [3.05, 3.63) is 43.4 Å². The summed E-state index contributed by atoms with van der Waals surface area (Å²) in [6.07, 6.45) is 0. The molecule has 1 aromatic carbocycles. The second-order valence-electron chi connectivity index (χ2n) is 4.19. The first-order valence-corrected chi connectivity index (χ1v) is 8.50. The molecule has 0 atom stereocenters. The van der Waals surface area contributed by atoms with E-state index in [0.29, 0.717) is 16.3 Å². The lowest BCUT2D eigenvalue weighted by Crippen LogP contribution is -1.92. The Balaban J connectivity index is 2.27. The Kier molecular flexibility index (Phi) is 4.09. The molecule has 0 aliphatic heterocycles. The number of benzene rings is 1. The number of nitrogen functional groups attached to an aromatic ring is 1. The molecule has 0 aliphatic rings. The first kappa shape index (κ1) is 15.0. The van der Waals surface area contributed by atoms with Crippen LogP contribution in [0.5, 0.6) is 0 Å². The highest BCUT2D eigenvalue weighted by Crippen LogP contribution is 2.44. The molecule has 8 heteroatoms. The van der Waals surface area contributed by atoms with Crippen molar-refractivity contribution in [2.45, 2.75) is 0 Å². The molecule has 2 aromatic heterocycles. The van der Waals surface area contributed by atoms with Gasteiger partial charge in [0.15, 0.2) is 5.82 Å². The van der Waals surface area contributed by atoms with E-state index in [1.807, 2.05) is 6.07 Å². The summed E-state index contributed by atoms with van der Waals surface area (Å²) < 4.78 is 16.0. The smallest absolute Gasteiger partial charge is 0.153 e. The molecular formula is C13H7Br2ClFN3S. The van der Waals surface area contributed by atoms with Gasteiger partial charge in [-0.15, -0.1) is 11.3 Å². The molecule has 3 N–H and O–H groups in total. The molecule has 21 heavy (non-hydrogen) atoms. The minimum absolute atomic E-state index is 0.206. The van der Waals surface area contributed by atoms with E-state index in [4.69, 9.17) is 17.3 Å². The van der Waals surface area contributed by atoms with Crippen LogP contribution in [-0.4, -0.2) is 10.2 Å². The molecule has 3 nitrogen and oxygen atoms in total. The van der Waals surface area contributed by atoms with E-state index in [1.54, 1.807) is 12.1 Å². The van der Waals surface area contributed by atoms with Gasteiger partial charge in [-0.1, -0.05) is 17.7 Å². The number of rotatable bonds is 2. The molecule has 0 bridgehead atoms. The quantitative estimate of drug-likeness (QED) is 0.525. The third-order valence-corrected chi connectivity index (χ3v) is 6.49. The molecule has 2 heterocycles. The summed E-state index contributed by atoms with van der Waals surface area (Å²) in [5.41, 5.74) is 7.26. The van der Waals surface area contributed by atoms with E-state index in [0.717, 1.165) is 13.1 Å². The van der Waals surface area contributed by atoms with Crippen LogP contribution in [-0.2, 0) is 0 Å². The summed E-state index contributed by atoms with van der Waals surface area (Å²) in [4.78, 5) is 0.868. The first-order valence-electron chi connectivity index (χ1n) is 5.72. The molecule has 0 aliphatic carbocycles. The highest BCUT2D eigenvalue weighted by atomic mass is 79.9. The number of aromatic amines is 1. The summed E-state index contributed by atoms with van der Waals surface area (Å²) in [6.45, 7) is 0. The topological polar surface area (TPSA) is 54.7 Å². The monoisotopic (exact) mass is 449 g/mol. The minimum atomic E-state index is -0.438. The summed E-state index contributed by atoms with van der Waals surface area (Å²) >= 11 is 14.5. The van der Waals surface area contributed by atoms with Crippen molar-refractivity contribution in [1.82, 2.24) is 10.2 Å². The number of anilines is 1. The Morgan fingerprint density at radius 1 is 1.29 bits per heavy atom. The van der Waals surface area contributed by atoms with Crippen LogP contribution in [0.15, 0.2) is 32.5 Å².